The van der Waals surface area contributed by atoms with E-state index in [1.54, 1.807) is 0 Å². The second kappa shape index (κ2) is 7.91. The molecule has 0 heterocycles. The van der Waals surface area contributed by atoms with Crippen molar-refractivity contribution >= 4 is 0 Å². The monoisotopic (exact) mass is 306 g/mol. The van der Waals surface area contributed by atoms with E-state index < -0.39 is 0 Å². The van der Waals surface area contributed by atoms with Gasteiger partial charge in [0.1, 0.15) is 6.10 Å². The van der Waals surface area contributed by atoms with E-state index in [2.05, 4.69) is 36.9 Å². The Morgan fingerprint density at radius 1 is 0.870 bits per heavy atom. The first-order valence-electron chi connectivity index (χ1n) is 8.00. The van der Waals surface area contributed by atoms with Crippen molar-refractivity contribution < 1.29 is 9.47 Å². The van der Waals surface area contributed by atoms with Gasteiger partial charge < -0.3 is 9.47 Å². The van der Waals surface area contributed by atoms with Crippen LogP contribution in [0.3, 0.4) is 0 Å². The van der Waals surface area contributed by atoms with E-state index in [4.69, 9.17) is 9.47 Å². The van der Waals surface area contributed by atoms with Crippen molar-refractivity contribution in [1.29, 1.82) is 0 Å². The molecule has 118 valence electrons. The van der Waals surface area contributed by atoms with Crippen LogP contribution in [0.15, 0.2) is 85.0 Å². The van der Waals surface area contributed by atoms with Crippen LogP contribution in [-0.4, -0.2) is 12.2 Å². The maximum atomic E-state index is 6.13. The number of hydrogen-bond acceptors (Lipinski definition) is 2. The van der Waals surface area contributed by atoms with Crippen molar-refractivity contribution in [2.24, 2.45) is 0 Å². The smallest absolute Gasteiger partial charge is 0.109 e. The summed E-state index contributed by atoms with van der Waals surface area (Å²) in [5, 5.41) is 0. The molecule has 2 atom stereocenters. The van der Waals surface area contributed by atoms with Gasteiger partial charge in [-0.2, -0.15) is 0 Å². The number of benzene rings is 2. The molecule has 0 aromatic heterocycles. The van der Waals surface area contributed by atoms with Crippen LogP contribution in [0.1, 0.15) is 17.5 Å². The van der Waals surface area contributed by atoms with Gasteiger partial charge in [0.05, 0.1) is 19.3 Å². The summed E-state index contributed by atoms with van der Waals surface area (Å²) >= 11 is 0. The minimum absolute atomic E-state index is 0.0450. The molecule has 3 rings (SSSR count). The van der Waals surface area contributed by atoms with Crippen molar-refractivity contribution in [3.05, 3.63) is 96.1 Å². The number of ether oxygens (including phenoxy) is 2. The van der Waals surface area contributed by atoms with Crippen LogP contribution in [0.5, 0.6) is 0 Å². The quantitative estimate of drug-likeness (QED) is 0.740. The zero-order valence-electron chi connectivity index (χ0n) is 13.2. The van der Waals surface area contributed by atoms with E-state index in [1.807, 2.05) is 42.5 Å². The molecular weight excluding hydrogens is 284 g/mol. The van der Waals surface area contributed by atoms with Crippen molar-refractivity contribution in [3.8, 4) is 0 Å². The number of hydrogen-bond donors (Lipinski definition) is 0. The highest BCUT2D eigenvalue weighted by molar-refractivity contribution is 5.28. The van der Waals surface area contributed by atoms with E-state index in [1.165, 1.54) is 11.1 Å². The predicted molar refractivity (Wildman–Crippen MR) is 92.9 cm³/mol. The van der Waals surface area contributed by atoms with Gasteiger partial charge in [0, 0.05) is 0 Å². The van der Waals surface area contributed by atoms with Gasteiger partial charge in [-0.15, -0.1) is 0 Å². The molecule has 0 N–H and O–H groups in total. The van der Waals surface area contributed by atoms with Crippen LogP contribution in [-0.2, 0) is 22.7 Å². The molecule has 1 aliphatic carbocycles. The van der Waals surface area contributed by atoms with E-state index in [0.29, 0.717) is 13.2 Å². The van der Waals surface area contributed by atoms with Crippen molar-refractivity contribution in [3.63, 3.8) is 0 Å². The first-order valence-corrected chi connectivity index (χ1v) is 8.00. The summed E-state index contributed by atoms with van der Waals surface area (Å²) in [6.07, 6.45) is 4.91. The summed E-state index contributed by atoms with van der Waals surface area (Å²) in [4.78, 5) is 0. The summed E-state index contributed by atoms with van der Waals surface area (Å²) in [7, 11) is 0. The van der Waals surface area contributed by atoms with Gasteiger partial charge in [0.2, 0.25) is 0 Å². The molecule has 23 heavy (non-hydrogen) atoms. The molecule has 2 aromatic rings. The van der Waals surface area contributed by atoms with Gasteiger partial charge >= 0.3 is 0 Å². The van der Waals surface area contributed by atoms with Crippen LogP contribution in [0.4, 0.5) is 0 Å². The Labute approximate surface area is 138 Å². The van der Waals surface area contributed by atoms with Gasteiger partial charge in [-0.3, -0.25) is 0 Å². The zero-order valence-corrected chi connectivity index (χ0v) is 13.2. The summed E-state index contributed by atoms with van der Waals surface area (Å²) in [6.45, 7) is 5.09. The lowest BCUT2D eigenvalue weighted by molar-refractivity contribution is -0.0588. The molecule has 0 fully saturated rings. The van der Waals surface area contributed by atoms with Gasteiger partial charge in [-0.05, 0) is 23.1 Å². The minimum Gasteiger partial charge on any atom is -0.370 e. The second-order valence-electron chi connectivity index (χ2n) is 5.70. The molecule has 0 aliphatic heterocycles. The molecule has 2 unspecified atom stereocenters. The zero-order chi connectivity index (χ0) is 15.9. The molecule has 2 aromatic carbocycles. The Morgan fingerprint density at radius 2 is 1.43 bits per heavy atom. The largest absolute Gasteiger partial charge is 0.370 e. The van der Waals surface area contributed by atoms with Crippen molar-refractivity contribution in [1.82, 2.24) is 0 Å². The average Bonchev–Trinajstić information content (AvgIpc) is 3.02. The molecular formula is C21H22O2. The van der Waals surface area contributed by atoms with Crippen LogP contribution in [0, 0.1) is 0 Å². The SMILES string of the molecule is C=CC1=CCC(OCc2ccccc2)C1OCc1ccccc1. The maximum Gasteiger partial charge on any atom is 0.109 e. The summed E-state index contributed by atoms with van der Waals surface area (Å²) in [6, 6.07) is 20.5. The summed E-state index contributed by atoms with van der Waals surface area (Å²) < 4.78 is 12.2. The third-order valence-corrected chi connectivity index (χ3v) is 4.07. The van der Waals surface area contributed by atoms with Gasteiger partial charge in [-0.25, -0.2) is 0 Å². The van der Waals surface area contributed by atoms with Crippen molar-refractivity contribution in [2.45, 2.75) is 31.8 Å². The fourth-order valence-electron chi connectivity index (χ4n) is 2.80. The van der Waals surface area contributed by atoms with Crippen molar-refractivity contribution in [2.75, 3.05) is 0 Å². The molecule has 0 radical (unpaired) electrons. The van der Waals surface area contributed by atoms with E-state index in [-0.39, 0.29) is 12.2 Å². The summed E-state index contributed by atoms with van der Waals surface area (Å²) in [5.74, 6) is 0. The highest BCUT2D eigenvalue weighted by Gasteiger charge is 2.30. The Morgan fingerprint density at radius 3 is 2.00 bits per heavy atom. The highest BCUT2D eigenvalue weighted by atomic mass is 16.5. The first-order chi connectivity index (χ1) is 11.4. The lowest BCUT2D eigenvalue weighted by atomic mass is 10.1. The molecule has 0 spiro atoms. The first kappa shape index (κ1) is 15.7. The third-order valence-electron chi connectivity index (χ3n) is 4.07. The standard InChI is InChI=1S/C21H22O2/c1-2-19-13-14-20(22-15-17-9-5-3-6-10-17)21(19)23-16-18-11-7-4-8-12-18/h2-13,20-21H,1,14-16H2. The van der Waals surface area contributed by atoms with Crippen LogP contribution >= 0.6 is 0 Å². The Balaban J connectivity index is 1.59. The van der Waals surface area contributed by atoms with Gasteiger partial charge in [-0.1, -0.05) is 79.4 Å². The molecule has 0 saturated carbocycles. The lowest BCUT2D eigenvalue weighted by Gasteiger charge is -2.23. The van der Waals surface area contributed by atoms with Crippen LogP contribution in [0.2, 0.25) is 0 Å². The number of rotatable bonds is 7. The molecule has 0 amide bonds. The molecule has 2 nitrogen and oxygen atoms in total. The Kier molecular flexibility index (Phi) is 5.41. The normalized spacial score (nSPS) is 20.3. The van der Waals surface area contributed by atoms with Gasteiger partial charge in [0.25, 0.3) is 0 Å². The fraction of sp³-hybridized carbons (Fsp3) is 0.238. The average molecular weight is 306 g/mol. The topological polar surface area (TPSA) is 18.5 Å². The lowest BCUT2D eigenvalue weighted by Crippen LogP contribution is -2.28. The third kappa shape index (κ3) is 4.19. The van der Waals surface area contributed by atoms with Gasteiger partial charge in [0.15, 0.2) is 0 Å². The van der Waals surface area contributed by atoms with E-state index in [0.717, 1.165) is 12.0 Å². The van der Waals surface area contributed by atoms with E-state index in [9.17, 15) is 0 Å². The maximum absolute atomic E-state index is 6.13. The van der Waals surface area contributed by atoms with Crippen LogP contribution < -0.4 is 0 Å². The second-order valence-corrected chi connectivity index (χ2v) is 5.70. The molecule has 1 aliphatic rings. The van der Waals surface area contributed by atoms with E-state index >= 15 is 0 Å². The van der Waals surface area contributed by atoms with Crippen LogP contribution in [0.25, 0.3) is 0 Å². The fourth-order valence-corrected chi connectivity index (χ4v) is 2.80. The molecule has 2 heteroatoms. The Bertz CT molecular complexity index is 646. The highest BCUT2D eigenvalue weighted by Crippen LogP contribution is 2.27. The minimum atomic E-state index is -0.0450. The molecule has 0 saturated heterocycles. The molecule has 0 bridgehead atoms. The summed E-state index contributed by atoms with van der Waals surface area (Å²) in [5.41, 5.74) is 3.48. The Hall–Kier alpha value is -2.16. The predicted octanol–water partition coefficient (Wildman–Crippen LogP) is 4.67.